The van der Waals surface area contributed by atoms with Gasteiger partial charge >= 0.3 is 5.97 Å². The van der Waals surface area contributed by atoms with E-state index < -0.39 is 5.97 Å². The highest BCUT2D eigenvalue weighted by Gasteiger charge is 2.13. The fraction of sp³-hybridized carbons (Fsp3) is 0.333. The molecule has 0 atom stereocenters. The van der Waals surface area contributed by atoms with Gasteiger partial charge in [0.15, 0.2) is 0 Å². The first kappa shape index (κ1) is 14.1. The van der Waals surface area contributed by atoms with Crippen LogP contribution in [0.2, 0.25) is 0 Å². The van der Waals surface area contributed by atoms with E-state index in [-0.39, 0.29) is 11.8 Å². The highest BCUT2D eigenvalue weighted by atomic mass is 16.4. The number of carboxylic acid groups (broad SMARTS) is 1. The lowest BCUT2D eigenvalue weighted by atomic mass is 9.87. The Morgan fingerprint density at radius 3 is 2.50 bits per heavy atom. The molecule has 0 saturated carbocycles. The van der Waals surface area contributed by atoms with Crippen molar-refractivity contribution in [2.24, 2.45) is 0 Å². The van der Waals surface area contributed by atoms with Crippen LogP contribution in [0.3, 0.4) is 0 Å². The molecule has 0 unspecified atom stereocenters. The maximum atomic E-state index is 10.6. The molecule has 0 bridgehead atoms. The minimum Gasteiger partial charge on any atom is -0.481 e. The molecule has 0 aliphatic carbocycles. The normalized spacial score (nSPS) is 11.3. The monoisotopic (exact) mass is 274 g/mol. The summed E-state index contributed by atoms with van der Waals surface area (Å²) < 4.78 is 5.18. The molecule has 0 radical (unpaired) electrons. The van der Waals surface area contributed by atoms with Crippen molar-refractivity contribution >= 4 is 17.7 Å². The number of anilines is 2. The fourth-order valence-electron chi connectivity index (χ4n) is 1.78. The summed E-state index contributed by atoms with van der Waals surface area (Å²) in [5.74, 6) is -0.931. The SMILES string of the molecule is CC(C)(C)c1ccc(Nc2nc(CC(=O)O)co2)cc1. The van der Waals surface area contributed by atoms with Crippen LogP contribution in [-0.4, -0.2) is 16.1 Å². The van der Waals surface area contributed by atoms with Gasteiger partial charge in [-0.3, -0.25) is 4.79 Å². The lowest BCUT2D eigenvalue weighted by Crippen LogP contribution is -2.10. The summed E-state index contributed by atoms with van der Waals surface area (Å²) in [4.78, 5) is 14.6. The largest absolute Gasteiger partial charge is 0.481 e. The average molecular weight is 274 g/mol. The van der Waals surface area contributed by atoms with Gasteiger partial charge in [-0.05, 0) is 23.1 Å². The number of benzene rings is 1. The molecule has 5 nitrogen and oxygen atoms in total. The molecule has 0 fully saturated rings. The molecule has 0 amide bonds. The molecule has 1 aromatic carbocycles. The van der Waals surface area contributed by atoms with Crippen LogP contribution in [0.5, 0.6) is 0 Å². The number of oxazole rings is 1. The number of aliphatic carboxylic acids is 1. The van der Waals surface area contributed by atoms with Crippen molar-refractivity contribution in [2.75, 3.05) is 5.32 Å². The molecule has 1 aromatic heterocycles. The first-order valence-electron chi connectivity index (χ1n) is 6.38. The third-order valence-corrected chi connectivity index (χ3v) is 2.89. The Bertz CT molecular complexity index is 594. The molecular formula is C15H18N2O3. The van der Waals surface area contributed by atoms with Gasteiger partial charge in [-0.25, -0.2) is 0 Å². The van der Waals surface area contributed by atoms with Crippen LogP contribution in [0.25, 0.3) is 0 Å². The van der Waals surface area contributed by atoms with E-state index in [9.17, 15) is 4.79 Å². The highest BCUT2D eigenvalue weighted by molar-refractivity contribution is 5.69. The van der Waals surface area contributed by atoms with E-state index in [1.807, 2.05) is 24.3 Å². The van der Waals surface area contributed by atoms with Crippen LogP contribution in [-0.2, 0) is 16.6 Å². The maximum Gasteiger partial charge on any atom is 0.309 e. The van der Waals surface area contributed by atoms with Gasteiger partial charge in [-0.1, -0.05) is 32.9 Å². The van der Waals surface area contributed by atoms with Crippen LogP contribution in [0.1, 0.15) is 32.0 Å². The molecule has 2 rings (SSSR count). The zero-order valence-corrected chi connectivity index (χ0v) is 11.8. The predicted octanol–water partition coefficient (Wildman–Crippen LogP) is 3.34. The van der Waals surface area contributed by atoms with Crippen molar-refractivity contribution in [1.82, 2.24) is 4.98 Å². The minimum atomic E-state index is -0.931. The minimum absolute atomic E-state index is 0.107. The number of nitrogens with one attached hydrogen (secondary N) is 1. The van der Waals surface area contributed by atoms with Gasteiger partial charge in [-0.15, -0.1) is 0 Å². The van der Waals surface area contributed by atoms with Crippen molar-refractivity contribution in [1.29, 1.82) is 0 Å². The Labute approximate surface area is 117 Å². The Morgan fingerprint density at radius 1 is 1.30 bits per heavy atom. The number of carboxylic acids is 1. The molecule has 106 valence electrons. The fourth-order valence-corrected chi connectivity index (χ4v) is 1.78. The number of hydrogen-bond donors (Lipinski definition) is 2. The summed E-state index contributed by atoms with van der Waals surface area (Å²) in [6, 6.07) is 8.28. The molecule has 0 aliphatic rings. The second-order valence-corrected chi connectivity index (χ2v) is 5.67. The van der Waals surface area contributed by atoms with Crippen LogP contribution < -0.4 is 5.32 Å². The summed E-state index contributed by atoms with van der Waals surface area (Å²) in [5.41, 5.74) is 2.59. The number of aromatic nitrogens is 1. The average Bonchev–Trinajstić information content (AvgIpc) is 2.75. The topological polar surface area (TPSA) is 75.4 Å². The van der Waals surface area contributed by atoms with Crippen molar-refractivity contribution in [3.8, 4) is 0 Å². The lowest BCUT2D eigenvalue weighted by molar-refractivity contribution is -0.136. The second kappa shape index (κ2) is 5.36. The van der Waals surface area contributed by atoms with Crippen LogP contribution in [0.4, 0.5) is 11.7 Å². The van der Waals surface area contributed by atoms with Gasteiger partial charge in [0, 0.05) is 5.69 Å². The zero-order valence-electron chi connectivity index (χ0n) is 11.8. The van der Waals surface area contributed by atoms with Gasteiger partial charge in [-0.2, -0.15) is 4.98 Å². The van der Waals surface area contributed by atoms with Crippen LogP contribution >= 0.6 is 0 Å². The van der Waals surface area contributed by atoms with Gasteiger partial charge in [0.2, 0.25) is 0 Å². The van der Waals surface area contributed by atoms with Crippen molar-refractivity contribution in [3.05, 3.63) is 41.8 Å². The van der Waals surface area contributed by atoms with E-state index in [0.29, 0.717) is 11.7 Å². The highest BCUT2D eigenvalue weighted by Crippen LogP contribution is 2.24. The van der Waals surface area contributed by atoms with E-state index in [0.717, 1.165) is 5.69 Å². The van der Waals surface area contributed by atoms with E-state index in [2.05, 4.69) is 31.1 Å². The Balaban J connectivity index is 2.06. The van der Waals surface area contributed by atoms with Crippen LogP contribution in [0.15, 0.2) is 34.9 Å². The lowest BCUT2D eigenvalue weighted by Gasteiger charge is -2.19. The molecule has 20 heavy (non-hydrogen) atoms. The van der Waals surface area contributed by atoms with Gasteiger partial charge < -0.3 is 14.8 Å². The molecule has 2 N–H and O–H groups in total. The number of nitrogens with zero attached hydrogens (tertiary/aromatic N) is 1. The summed E-state index contributed by atoms with van der Waals surface area (Å²) in [6.07, 6.45) is 1.20. The molecule has 0 aliphatic heterocycles. The third-order valence-electron chi connectivity index (χ3n) is 2.89. The molecule has 5 heteroatoms. The molecule has 0 saturated heterocycles. The van der Waals surface area contributed by atoms with Gasteiger partial charge in [0.05, 0.1) is 12.1 Å². The zero-order chi connectivity index (χ0) is 14.8. The van der Waals surface area contributed by atoms with E-state index in [4.69, 9.17) is 9.52 Å². The Morgan fingerprint density at radius 2 is 1.95 bits per heavy atom. The number of carbonyl (C=O) groups is 1. The quantitative estimate of drug-likeness (QED) is 0.894. The van der Waals surface area contributed by atoms with Gasteiger partial charge in [0.1, 0.15) is 6.26 Å². The molecule has 2 aromatic rings. The van der Waals surface area contributed by atoms with Crippen molar-refractivity contribution in [3.63, 3.8) is 0 Å². The van der Waals surface area contributed by atoms with Crippen LogP contribution in [0, 0.1) is 0 Å². The third kappa shape index (κ3) is 3.60. The summed E-state index contributed by atoms with van der Waals surface area (Å²) in [5, 5.41) is 11.7. The predicted molar refractivity (Wildman–Crippen MR) is 76.3 cm³/mol. The summed E-state index contributed by atoms with van der Waals surface area (Å²) >= 11 is 0. The Kier molecular flexibility index (Phi) is 3.79. The van der Waals surface area contributed by atoms with E-state index in [1.165, 1.54) is 11.8 Å². The maximum absolute atomic E-state index is 10.6. The standard InChI is InChI=1S/C15H18N2O3/c1-15(2,3)10-4-6-11(7-5-10)16-14-17-12(9-20-14)8-13(18)19/h4-7,9H,8H2,1-3H3,(H,16,17)(H,18,19). The molecule has 0 spiro atoms. The van der Waals surface area contributed by atoms with E-state index >= 15 is 0 Å². The summed E-state index contributed by atoms with van der Waals surface area (Å²) in [6.45, 7) is 6.46. The van der Waals surface area contributed by atoms with Crippen molar-refractivity contribution < 1.29 is 14.3 Å². The second-order valence-electron chi connectivity index (χ2n) is 5.67. The van der Waals surface area contributed by atoms with Crippen molar-refractivity contribution in [2.45, 2.75) is 32.6 Å². The smallest absolute Gasteiger partial charge is 0.309 e. The first-order chi connectivity index (χ1) is 9.34. The molecular weight excluding hydrogens is 256 g/mol. The first-order valence-corrected chi connectivity index (χ1v) is 6.38. The summed E-state index contributed by atoms with van der Waals surface area (Å²) in [7, 11) is 0. The Hall–Kier alpha value is -2.30. The number of rotatable bonds is 4. The van der Waals surface area contributed by atoms with E-state index in [1.54, 1.807) is 0 Å². The molecule has 1 heterocycles. The number of hydrogen-bond acceptors (Lipinski definition) is 4. The van der Waals surface area contributed by atoms with Gasteiger partial charge in [0.25, 0.3) is 6.01 Å².